The number of fused-ring (bicyclic) bond motifs is 1. The molecule has 3 rings (SSSR count). The van der Waals surface area contributed by atoms with Crippen molar-refractivity contribution in [2.24, 2.45) is 0 Å². The number of nitrogens with one attached hydrogen (secondary N) is 2. The zero-order valence-electron chi connectivity index (χ0n) is 7.64. The standard InChI is InChI=1S/C9H7N5S/c1-2-10-8-6(5-12-14-8)7(1)13-9-11-3-4-15-9/h1-5H,(H2,10,11,12,13,14). The Labute approximate surface area is 89.2 Å². The third kappa shape index (κ3) is 1.44. The monoisotopic (exact) mass is 217 g/mol. The summed E-state index contributed by atoms with van der Waals surface area (Å²) in [5.74, 6) is 0. The fourth-order valence-corrected chi connectivity index (χ4v) is 1.90. The van der Waals surface area contributed by atoms with Gasteiger partial charge in [0, 0.05) is 17.8 Å². The van der Waals surface area contributed by atoms with Gasteiger partial charge in [-0.05, 0) is 6.07 Å². The van der Waals surface area contributed by atoms with Crippen LogP contribution in [0.15, 0.2) is 30.0 Å². The van der Waals surface area contributed by atoms with Gasteiger partial charge in [0.15, 0.2) is 10.8 Å². The van der Waals surface area contributed by atoms with Gasteiger partial charge in [0.2, 0.25) is 0 Å². The minimum atomic E-state index is 0.775. The molecule has 0 radical (unpaired) electrons. The lowest BCUT2D eigenvalue weighted by molar-refractivity contribution is 1.10. The molecule has 6 heteroatoms. The highest BCUT2D eigenvalue weighted by Crippen LogP contribution is 2.24. The quantitative estimate of drug-likeness (QED) is 0.690. The van der Waals surface area contributed by atoms with E-state index in [9.17, 15) is 0 Å². The van der Waals surface area contributed by atoms with Crippen LogP contribution in [0.1, 0.15) is 0 Å². The van der Waals surface area contributed by atoms with Crippen molar-refractivity contribution >= 4 is 33.2 Å². The molecule has 15 heavy (non-hydrogen) atoms. The Kier molecular flexibility index (Phi) is 1.85. The summed E-state index contributed by atoms with van der Waals surface area (Å²) in [6, 6.07) is 1.90. The summed E-state index contributed by atoms with van der Waals surface area (Å²) in [7, 11) is 0. The maximum atomic E-state index is 4.16. The summed E-state index contributed by atoms with van der Waals surface area (Å²) in [6.45, 7) is 0. The lowest BCUT2D eigenvalue weighted by atomic mass is 10.3. The van der Waals surface area contributed by atoms with Crippen LogP contribution in [-0.2, 0) is 0 Å². The Hall–Kier alpha value is -1.95. The number of thiazole rings is 1. The van der Waals surface area contributed by atoms with Crippen LogP contribution in [0, 0.1) is 0 Å². The number of hydrogen-bond acceptors (Lipinski definition) is 5. The molecule has 74 valence electrons. The second kappa shape index (κ2) is 3.32. The molecule has 0 aromatic carbocycles. The van der Waals surface area contributed by atoms with Gasteiger partial charge in [0.25, 0.3) is 0 Å². The van der Waals surface area contributed by atoms with E-state index in [-0.39, 0.29) is 0 Å². The van der Waals surface area contributed by atoms with Gasteiger partial charge in [-0.1, -0.05) is 0 Å². The lowest BCUT2D eigenvalue weighted by Gasteiger charge is -2.02. The maximum Gasteiger partial charge on any atom is 0.187 e. The normalized spacial score (nSPS) is 10.7. The first-order chi connectivity index (χ1) is 7.43. The Morgan fingerprint density at radius 1 is 1.27 bits per heavy atom. The SMILES string of the molecule is c1csc(Nc2ccnc3[nH]ncc23)n1. The van der Waals surface area contributed by atoms with E-state index >= 15 is 0 Å². The van der Waals surface area contributed by atoms with Crippen LogP contribution in [0.3, 0.4) is 0 Å². The predicted octanol–water partition coefficient (Wildman–Crippen LogP) is 2.16. The van der Waals surface area contributed by atoms with E-state index < -0.39 is 0 Å². The molecule has 2 N–H and O–H groups in total. The summed E-state index contributed by atoms with van der Waals surface area (Å²) < 4.78 is 0. The molecule has 0 aliphatic carbocycles. The molecule has 0 aliphatic rings. The molecule has 3 aromatic rings. The van der Waals surface area contributed by atoms with E-state index in [4.69, 9.17) is 0 Å². The second-order valence-corrected chi connectivity index (χ2v) is 3.85. The van der Waals surface area contributed by atoms with Crippen molar-refractivity contribution in [2.75, 3.05) is 5.32 Å². The van der Waals surface area contributed by atoms with Crippen molar-refractivity contribution in [3.05, 3.63) is 30.0 Å². The van der Waals surface area contributed by atoms with Gasteiger partial charge in [0.1, 0.15) is 0 Å². The third-order valence-electron chi connectivity index (χ3n) is 2.03. The highest BCUT2D eigenvalue weighted by molar-refractivity contribution is 7.13. The number of hydrogen-bond donors (Lipinski definition) is 2. The summed E-state index contributed by atoms with van der Waals surface area (Å²) in [5, 5.41) is 13.7. The molecule has 0 bridgehead atoms. The first-order valence-corrected chi connectivity index (χ1v) is 5.26. The smallest absolute Gasteiger partial charge is 0.187 e. The van der Waals surface area contributed by atoms with E-state index in [2.05, 4.69) is 25.5 Å². The molecule has 0 aliphatic heterocycles. The average molecular weight is 217 g/mol. The van der Waals surface area contributed by atoms with Gasteiger partial charge in [-0.15, -0.1) is 11.3 Å². The molecular weight excluding hydrogens is 210 g/mol. The van der Waals surface area contributed by atoms with Gasteiger partial charge in [-0.2, -0.15) is 5.10 Å². The Morgan fingerprint density at radius 3 is 3.13 bits per heavy atom. The fraction of sp³-hybridized carbons (Fsp3) is 0. The number of pyridine rings is 1. The van der Waals surface area contributed by atoms with Crippen LogP contribution in [0.5, 0.6) is 0 Å². The van der Waals surface area contributed by atoms with Crippen LogP contribution < -0.4 is 5.32 Å². The topological polar surface area (TPSA) is 66.5 Å². The molecule has 0 fully saturated rings. The number of H-pyrrole nitrogens is 1. The molecule has 3 heterocycles. The minimum absolute atomic E-state index is 0.775. The van der Waals surface area contributed by atoms with E-state index in [1.165, 1.54) is 0 Å². The summed E-state index contributed by atoms with van der Waals surface area (Å²) in [5.41, 5.74) is 1.74. The van der Waals surface area contributed by atoms with Gasteiger partial charge < -0.3 is 5.32 Å². The number of anilines is 2. The Balaban J connectivity index is 2.07. The molecule has 3 aromatic heterocycles. The van der Waals surface area contributed by atoms with E-state index in [1.807, 2.05) is 11.4 Å². The number of nitrogens with zero attached hydrogens (tertiary/aromatic N) is 3. The van der Waals surface area contributed by atoms with Gasteiger partial charge in [-0.3, -0.25) is 5.10 Å². The average Bonchev–Trinajstić information content (AvgIpc) is 2.87. The second-order valence-electron chi connectivity index (χ2n) is 2.95. The molecule has 0 saturated carbocycles. The molecular formula is C9H7N5S. The van der Waals surface area contributed by atoms with E-state index in [0.717, 1.165) is 21.9 Å². The van der Waals surface area contributed by atoms with Gasteiger partial charge >= 0.3 is 0 Å². The van der Waals surface area contributed by atoms with Crippen LogP contribution in [0.25, 0.3) is 11.0 Å². The molecule has 0 atom stereocenters. The van der Waals surface area contributed by atoms with Crippen molar-refractivity contribution < 1.29 is 0 Å². The zero-order valence-corrected chi connectivity index (χ0v) is 8.45. The number of rotatable bonds is 2. The highest BCUT2D eigenvalue weighted by atomic mass is 32.1. The Bertz CT molecular complexity index is 571. The third-order valence-corrected chi connectivity index (χ3v) is 2.72. The van der Waals surface area contributed by atoms with Crippen molar-refractivity contribution in [1.29, 1.82) is 0 Å². The van der Waals surface area contributed by atoms with Crippen molar-refractivity contribution in [2.45, 2.75) is 0 Å². The van der Waals surface area contributed by atoms with Crippen molar-refractivity contribution in [3.8, 4) is 0 Å². The molecule has 5 nitrogen and oxygen atoms in total. The predicted molar refractivity (Wildman–Crippen MR) is 59.3 cm³/mol. The molecule has 0 spiro atoms. The highest BCUT2D eigenvalue weighted by Gasteiger charge is 2.04. The van der Waals surface area contributed by atoms with Crippen LogP contribution in [0.2, 0.25) is 0 Å². The first kappa shape index (κ1) is 8.37. The van der Waals surface area contributed by atoms with Gasteiger partial charge in [-0.25, -0.2) is 9.97 Å². The number of aromatic nitrogens is 4. The summed E-state index contributed by atoms with van der Waals surface area (Å²) in [6.07, 6.45) is 5.25. The molecule has 0 amide bonds. The zero-order chi connectivity index (χ0) is 10.1. The van der Waals surface area contributed by atoms with Gasteiger partial charge in [0.05, 0.1) is 17.3 Å². The van der Waals surface area contributed by atoms with Crippen molar-refractivity contribution in [3.63, 3.8) is 0 Å². The summed E-state index contributed by atoms with van der Waals surface area (Å²) >= 11 is 1.56. The van der Waals surface area contributed by atoms with E-state index in [0.29, 0.717) is 0 Å². The van der Waals surface area contributed by atoms with Crippen molar-refractivity contribution in [1.82, 2.24) is 20.2 Å². The largest absolute Gasteiger partial charge is 0.331 e. The first-order valence-electron chi connectivity index (χ1n) is 4.38. The van der Waals surface area contributed by atoms with Crippen LogP contribution >= 0.6 is 11.3 Å². The maximum absolute atomic E-state index is 4.16. The lowest BCUT2D eigenvalue weighted by Crippen LogP contribution is -1.90. The van der Waals surface area contributed by atoms with Crippen LogP contribution in [0.4, 0.5) is 10.8 Å². The van der Waals surface area contributed by atoms with E-state index in [1.54, 1.807) is 29.9 Å². The Morgan fingerprint density at radius 2 is 2.27 bits per heavy atom. The molecule has 0 saturated heterocycles. The molecule has 0 unspecified atom stereocenters. The number of aromatic amines is 1. The fourth-order valence-electron chi connectivity index (χ4n) is 1.36. The minimum Gasteiger partial charge on any atom is -0.331 e. The van der Waals surface area contributed by atoms with Crippen LogP contribution in [-0.4, -0.2) is 20.2 Å². The summed E-state index contributed by atoms with van der Waals surface area (Å²) in [4.78, 5) is 8.32.